The summed E-state index contributed by atoms with van der Waals surface area (Å²) in [5.41, 5.74) is 0. The van der Waals surface area contributed by atoms with Crippen molar-refractivity contribution in [3.05, 3.63) is 24.8 Å². The second kappa shape index (κ2) is 5.85. The summed E-state index contributed by atoms with van der Waals surface area (Å²) in [5.74, 6) is -0.683. The van der Waals surface area contributed by atoms with E-state index < -0.39 is 0 Å². The summed E-state index contributed by atoms with van der Waals surface area (Å²) in [5, 5.41) is 2.66. The summed E-state index contributed by atoms with van der Waals surface area (Å²) in [6.45, 7) is 4.23. The molecule has 1 aliphatic rings. The van der Waals surface area contributed by atoms with Crippen LogP contribution >= 0.6 is 0 Å². The zero-order valence-corrected chi connectivity index (χ0v) is 8.94. The van der Waals surface area contributed by atoms with Crippen molar-refractivity contribution >= 4 is 17.7 Å². The van der Waals surface area contributed by atoms with Crippen LogP contribution in [0.15, 0.2) is 24.8 Å². The minimum absolute atomic E-state index is 0.104. The zero-order valence-electron chi connectivity index (χ0n) is 8.94. The first-order chi connectivity index (χ1) is 7.65. The van der Waals surface area contributed by atoms with Crippen LogP contribution in [0.25, 0.3) is 0 Å². The first-order valence-corrected chi connectivity index (χ1v) is 5.06. The number of hydrogen-bond donors (Lipinski definition) is 1. The van der Waals surface area contributed by atoms with Gasteiger partial charge in [0.25, 0.3) is 11.8 Å². The van der Waals surface area contributed by atoms with Crippen molar-refractivity contribution in [3.63, 3.8) is 0 Å². The highest BCUT2D eigenvalue weighted by Gasteiger charge is 2.22. The van der Waals surface area contributed by atoms with Crippen molar-refractivity contribution in [1.29, 1.82) is 0 Å². The Kier molecular flexibility index (Phi) is 4.44. The van der Waals surface area contributed by atoms with E-state index in [4.69, 9.17) is 0 Å². The highest BCUT2D eigenvalue weighted by atomic mass is 16.2. The van der Waals surface area contributed by atoms with Crippen LogP contribution in [-0.4, -0.2) is 35.7 Å². The molecule has 0 atom stereocenters. The standard InChI is InChI=1S/C11H14N2O3/c1-2-4-9(14)12-7-3-8-13-10(15)5-6-11(13)16/h2,5-6H,1,3-4,7-8H2,(H,12,14). The number of nitrogens with zero attached hydrogens (tertiary/aromatic N) is 1. The van der Waals surface area contributed by atoms with E-state index in [0.29, 0.717) is 19.5 Å². The average Bonchev–Trinajstić information content (AvgIpc) is 2.55. The molecule has 1 N–H and O–H groups in total. The topological polar surface area (TPSA) is 66.5 Å². The predicted molar refractivity (Wildman–Crippen MR) is 58.3 cm³/mol. The van der Waals surface area contributed by atoms with E-state index in [-0.39, 0.29) is 24.1 Å². The Labute approximate surface area is 93.8 Å². The Balaban J connectivity index is 2.16. The number of rotatable bonds is 6. The van der Waals surface area contributed by atoms with Gasteiger partial charge in [0.05, 0.1) is 0 Å². The lowest BCUT2D eigenvalue weighted by molar-refractivity contribution is -0.136. The van der Waals surface area contributed by atoms with E-state index in [0.717, 1.165) is 4.90 Å². The van der Waals surface area contributed by atoms with Crippen molar-refractivity contribution in [3.8, 4) is 0 Å². The van der Waals surface area contributed by atoms with Crippen molar-refractivity contribution in [2.45, 2.75) is 12.8 Å². The van der Waals surface area contributed by atoms with Crippen molar-refractivity contribution in [1.82, 2.24) is 10.2 Å². The number of carbonyl (C=O) groups excluding carboxylic acids is 3. The smallest absolute Gasteiger partial charge is 0.253 e. The van der Waals surface area contributed by atoms with Gasteiger partial charge in [-0.3, -0.25) is 19.3 Å². The normalized spacial score (nSPS) is 14.4. The molecule has 0 aromatic carbocycles. The Bertz CT molecular complexity index is 329. The lowest BCUT2D eigenvalue weighted by Gasteiger charge is -2.13. The number of carbonyl (C=O) groups is 3. The fourth-order valence-corrected chi connectivity index (χ4v) is 1.32. The summed E-state index contributed by atoms with van der Waals surface area (Å²) in [6, 6.07) is 0. The molecule has 0 aromatic rings. The lowest BCUT2D eigenvalue weighted by Crippen LogP contribution is -2.33. The summed E-state index contributed by atoms with van der Waals surface area (Å²) < 4.78 is 0. The van der Waals surface area contributed by atoms with Gasteiger partial charge in [-0.05, 0) is 6.42 Å². The van der Waals surface area contributed by atoms with Gasteiger partial charge in [0.1, 0.15) is 0 Å². The van der Waals surface area contributed by atoms with E-state index in [1.807, 2.05) is 0 Å². The highest BCUT2D eigenvalue weighted by molar-refractivity contribution is 6.12. The maximum atomic E-state index is 11.1. The van der Waals surface area contributed by atoms with Crippen LogP contribution in [0.5, 0.6) is 0 Å². The molecule has 1 rings (SSSR count). The van der Waals surface area contributed by atoms with Crippen LogP contribution in [0.2, 0.25) is 0 Å². The maximum Gasteiger partial charge on any atom is 0.253 e. The Hall–Kier alpha value is -1.91. The number of imide groups is 1. The van der Waals surface area contributed by atoms with Crippen LogP contribution in [0.4, 0.5) is 0 Å². The second-order valence-corrected chi connectivity index (χ2v) is 3.36. The molecule has 0 saturated carbocycles. The molecule has 1 aliphatic heterocycles. The molecule has 3 amide bonds. The van der Waals surface area contributed by atoms with E-state index >= 15 is 0 Å². The van der Waals surface area contributed by atoms with Crippen molar-refractivity contribution < 1.29 is 14.4 Å². The van der Waals surface area contributed by atoms with E-state index in [2.05, 4.69) is 11.9 Å². The Morgan fingerprint density at radius 3 is 2.56 bits per heavy atom. The molecular formula is C11H14N2O3. The predicted octanol–water partition coefficient (Wildman–Crippen LogP) is -0.00620. The molecule has 0 saturated heterocycles. The van der Waals surface area contributed by atoms with Crippen LogP contribution in [-0.2, 0) is 14.4 Å². The molecule has 5 heteroatoms. The summed E-state index contributed by atoms with van der Waals surface area (Å²) in [4.78, 5) is 34.4. The minimum Gasteiger partial charge on any atom is -0.356 e. The SMILES string of the molecule is C=CCC(=O)NCCCN1C(=O)C=CC1=O. The average molecular weight is 222 g/mol. The first-order valence-electron chi connectivity index (χ1n) is 5.06. The second-order valence-electron chi connectivity index (χ2n) is 3.36. The molecule has 0 aliphatic carbocycles. The number of nitrogens with one attached hydrogen (secondary N) is 1. The number of amides is 3. The minimum atomic E-state index is -0.289. The van der Waals surface area contributed by atoms with Gasteiger partial charge in [0.15, 0.2) is 0 Å². The molecule has 0 aromatic heterocycles. The van der Waals surface area contributed by atoms with Gasteiger partial charge in [-0.2, -0.15) is 0 Å². The van der Waals surface area contributed by atoms with Gasteiger partial charge in [0.2, 0.25) is 5.91 Å². The zero-order chi connectivity index (χ0) is 12.0. The highest BCUT2D eigenvalue weighted by Crippen LogP contribution is 2.03. The van der Waals surface area contributed by atoms with Gasteiger partial charge in [-0.1, -0.05) is 6.08 Å². The molecule has 1 heterocycles. The third kappa shape index (κ3) is 3.34. The van der Waals surface area contributed by atoms with E-state index in [1.165, 1.54) is 18.2 Å². The fraction of sp³-hybridized carbons (Fsp3) is 0.364. The third-order valence-corrected chi connectivity index (χ3v) is 2.11. The molecule has 0 unspecified atom stereocenters. The molecule has 0 spiro atoms. The van der Waals surface area contributed by atoms with Crippen molar-refractivity contribution in [2.75, 3.05) is 13.1 Å². The summed E-state index contributed by atoms with van der Waals surface area (Å²) >= 11 is 0. The summed E-state index contributed by atoms with van der Waals surface area (Å²) in [6.07, 6.45) is 4.86. The van der Waals surface area contributed by atoms with Gasteiger partial charge in [-0.25, -0.2) is 0 Å². The molecule has 0 fully saturated rings. The molecular weight excluding hydrogens is 208 g/mol. The molecule has 0 radical (unpaired) electrons. The molecule has 86 valence electrons. The molecule has 0 bridgehead atoms. The van der Waals surface area contributed by atoms with E-state index in [1.54, 1.807) is 0 Å². The Morgan fingerprint density at radius 2 is 2.00 bits per heavy atom. The number of hydrogen-bond acceptors (Lipinski definition) is 3. The van der Waals surface area contributed by atoms with E-state index in [9.17, 15) is 14.4 Å². The quantitative estimate of drug-likeness (QED) is 0.390. The first kappa shape index (κ1) is 12.2. The summed E-state index contributed by atoms with van der Waals surface area (Å²) in [7, 11) is 0. The Morgan fingerprint density at radius 1 is 1.38 bits per heavy atom. The van der Waals surface area contributed by atoms with Crippen LogP contribution in [0.1, 0.15) is 12.8 Å². The van der Waals surface area contributed by atoms with Gasteiger partial charge < -0.3 is 5.32 Å². The van der Waals surface area contributed by atoms with Crippen molar-refractivity contribution in [2.24, 2.45) is 0 Å². The van der Waals surface area contributed by atoms with Gasteiger partial charge in [-0.15, -0.1) is 6.58 Å². The molecule has 16 heavy (non-hydrogen) atoms. The monoisotopic (exact) mass is 222 g/mol. The largest absolute Gasteiger partial charge is 0.356 e. The lowest BCUT2D eigenvalue weighted by atomic mass is 10.3. The fourth-order valence-electron chi connectivity index (χ4n) is 1.32. The van der Waals surface area contributed by atoms with Gasteiger partial charge >= 0.3 is 0 Å². The molecule has 5 nitrogen and oxygen atoms in total. The van der Waals surface area contributed by atoms with Gasteiger partial charge in [0, 0.05) is 31.7 Å². The van der Waals surface area contributed by atoms with Crippen LogP contribution in [0.3, 0.4) is 0 Å². The third-order valence-electron chi connectivity index (χ3n) is 2.11. The maximum absolute atomic E-state index is 11.1. The van der Waals surface area contributed by atoms with Crippen LogP contribution < -0.4 is 5.32 Å². The van der Waals surface area contributed by atoms with Crippen LogP contribution in [0, 0.1) is 0 Å².